The van der Waals surface area contributed by atoms with Gasteiger partial charge in [0.1, 0.15) is 11.3 Å². The van der Waals surface area contributed by atoms with Crippen molar-refractivity contribution in [1.82, 2.24) is 5.32 Å². The van der Waals surface area contributed by atoms with Gasteiger partial charge in [-0.25, -0.2) is 0 Å². The number of esters is 1. The molecule has 2 rings (SSSR count). The monoisotopic (exact) mass is 291 g/mol. The Morgan fingerprint density at radius 3 is 2.81 bits per heavy atom. The summed E-state index contributed by atoms with van der Waals surface area (Å²) in [7, 11) is 2.90. The maximum Gasteiger partial charge on any atom is 0.307 e. The van der Waals surface area contributed by atoms with Crippen LogP contribution in [0, 0.1) is 0 Å². The highest BCUT2D eigenvalue weighted by molar-refractivity contribution is 5.88. The molecule has 1 heterocycles. The second-order valence-corrected chi connectivity index (χ2v) is 4.48. The number of nitrogens with one attached hydrogen (secondary N) is 1. The Morgan fingerprint density at radius 1 is 1.29 bits per heavy atom. The number of hydrogen-bond acceptors (Lipinski definition) is 5. The lowest BCUT2D eigenvalue weighted by molar-refractivity contribution is -0.140. The van der Waals surface area contributed by atoms with Crippen molar-refractivity contribution in [1.29, 1.82) is 0 Å². The van der Waals surface area contributed by atoms with Gasteiger partial charge in [-0.15, -0.1) is 0 Å². The van der Waals surface area contributed by atoms with E-state index in [-0.39, 0.29) is 31.3 Å². The van der Waals surface area contributed by atoms with E-state index in [1.807, 2.05) is 12.1 Å². The van der Waals surface area contributed by atoms with Crippen LogP contribution in [0.15, 0.2) is 28.9 Å². The summed E-state index contributed by atoms with van der Waals surface area (Å²) in [6, 6.07) is 5.44. The largest absolute Gasteiger partial charge is 0.497 e. The van der Waals surface area contributed by atoms with Gasteiger partial charge in [0.25, 0.3) is 0 Å². The summed E-state index contributed by atoms with van der Waals surface area (Å²) in [4.78, 5) is 22.8. The first-order valence-electron chi connectivity index (χ1n) is 6.51. The number of ether oxygens (including phenoxy) is 2. The molecule has 0 fully saturated rings. The summed E-state index contributed by atoms with van der Waals surface area (Å²) in [5.41, 5.74) is 1.47. The molecule has 2 aromatic rings. The zero-order chi connectivity index (χ0) is 15.2. The van der Waals surface area contributed by atoms with Crippen LogP contribution in [-0.4, -0.2) is 32.6 Å². The average Bonchev–Trinajstić information content (AvgIpc) is 2.89. The third-order valence-electron chi connectivity index (χ3n) is 3.09. The van der Waals surface area contributed by atoms with Crippen LogP contribution in [0.25, 0.3) is 11.0 Å². The van der Waals surface area contributed by atoms with E-state index >= 15 is 0 Å². The maximum atomic E-state index is 11.8. The topological polar surface area (TPSA) is 77.8 Å². The minimum atomic E-state index is -0.351. The summed E-state index contributed by atoms with van der Waals surface area (Å²) < 4.78 is 15.0. The molecule has 112 valence electrons. The Bertz CT molecular complexity index is 647. The van der Waals surface area contributed by atoms with Crippen LogP contribution in [0.4, 0.5) is 0 Å². The Labute approximate surface area is 122 Å². The Hall–Kier alpha value is -2.50. The van der Waals surface area contributed by atoms with Gasteiger partial charge < -0.3 is 19.2 Å². The molecule has 0 bridgehead atoms. The van der Waals surface area contributed by atoms with Gasteiger partial charge in [0, 0.05) is 23.6 Å². The molecule has 0 aliphatic heterocycles. The van der Waals surface area contributed by atoms with Crippen molar-refractivity contribution >= 4 is 22.8 Å². The fourth-order valence-corrected chi connectivity index (χ4v) is 1.97. The summed E-state index contributed by atoms with van der Waals surface area (Å²) in [5.74, 6) is 0.180. The molecule has 0 spiro atoms. The Kier molecular flexibility index (Phi) is 4.81. The van der Waals surface area contributed by atoms with E-state index in [2.05, 4.69) is 10.1 Å². The van der Waals surface area contributed by atoms with Gasteiger partial charge in [-0.2, -0.15) is 0 Å². The number of hydrogen-bond donors (Lipinski definition) is 1. The molecular formula is C15H17NO5. The minimum absolute atomic E-state index is 0.158. The van der Waals surface area contributed by atoms with E-state index in [0.29, 0.717) is 11.3 Å². The Balaban J connectivity index is 1.96. The summed E-state index contributed by atoms with van der Waals surface area (Å²) in [6.45, 7) is 0.259. The summed E-state index contributed by atoms with van der Waals surface area (Å²) in [6.07, 6.45) is 1.91. The van der Waals surface area contributed by atoms with Gasteiger partial charge in [0.15, 0.2) is 0 Å². The van der Waals surface area contributed by atoms with Crippen LogP contribution in [0.1, 0.15) is 12.0 Å². The van der Waals surface area contributed by atoms with Gasteiger partial charge in [0.2, 0.25) is 5.91 Å². The number of methoxy groups -OCH3 is 2. The van der Waals surface area contributed by atoms with Gasteiger partial charge >= 0.3 is 5.97 Å². The summed E-state index contributed by atoms with van der Waals surface area (Å²) in [5, 5.41) is 3.54. The number of furan rings is 1. The number of carbonyl (C=O) groups excluding carboxylic acids is 2. The highest BCUT2D eigenvalue weighted by Gasteiger charge is 2.11. The van der Waals surface area contributed by atoms with Crippen LogP contribution in [0.5, 0.6) is 5.75 Å². The number of carbonyl (C=O) groups is 2. The van der Waals surface area contributed by atoms with E-state index in [9.17, 15) is 9.59 Å². The van der Waals surface area contributed by atoms with E-state index in [4.69, 9.17) is 9.15 Å². The quantitative estimate of drug-likeness (QED) is 0.819. The first-order valence-corrected chi connectivity index (χ1v) is 6.51. The van der Waals surface area contributed by atoms with Crippen molar-refractivity contribution in [2.45, 2.75) is 12.8 Å². The highest BCUT2D eigenvalue weighted by Crippen LogP contribution is 2.25. The molecule has 0 aliphatic rings. The zero-order valence-corrected chi connectivity index (χ0v) is 12.0. The molecule has 0 saturated carbocycles. The van der Waals surface area contributed by atoms with Crippen LogP contribution < -0.4 is 10.1 Å². The van der Waals surface area contributed by atoms with Crippen molar-refractivity contribution in [3.05, 3.63) is 30.0 Å². The number of rotatable bonds is 6. The SMILES string of the molecule is COC(=O)CCNC(=O)Cc1coc2cc(OC)ccc12. The van der Waals surface area contributed by atoms with Crippen molar-refractivity contribution in [2.75, 3.05) is 20.8 Å². The fourth-order valence-electron chi connectivity index (χ4n) is 1.97. The van der Waals surface area contributed by atoms with Crippen molar-refractivity contribution in [3.8, 4) is 5.75 Å². The third kappa shape index (κ3) is 3.75. The smallest absolute Gasteiger partial charge is 0.307 e. The molecule has 1 aromatic carbocycles. The molecule has 0 radical (unpaired) electrons. The molecule has 6 heteroatoms. The zero-order valence-electron chi connectivity index (χ0n) is 12.0. The van der Waals surface area contributed by atoms with Crippen molar-refractivity contribution in [3.63, 3.8) is 0 Å². The molecular weight excluding hydrogens is 274 g/mol. The molecule has 0 aliphatic carbocycles. The van der Waals surface area contributed by atoms with Crippen molar-refractivity contribution < 1.29 is 23.5 Å². The first-order chi connectivity index (χ1) is 10.1. The molecule has 1 N–H and O–H groups in total. The van der Waals surface area contributed by atoms with Gasteiger partial charge in [-0.1, -0.05) is 0 Å². The van der Waals surface area contributed by atoms with E-state index in [1.165, 1.54) is 7.11 Å². The third-order valence-corrected chi connectivity index (χ3v) is 3.09. The Morgan fingerprint density at radius 2 is 2.10 bits per heavy atom. The molecule has 6 nitrogen and oxygen atoms in total. The molecule has 21 heavy (non-hydrogen) atoms. The van der Waals surface area contributed by atoms with E-state index in [1.54, 1.807) is 19.4 Å². The van der Waals surface area contributed by atoms with Crippen molar-refractivity contribution in [2.24, 2.45) is 0 Å². The normalized spacial score (nSPS) is 10.4. The minimum Gasteiger partial charge on any atom is -0.497 e. The second kappa shape index (κ2) is 6.78. The van der Waals surface area contributed by atoms with Gasteiger partial charge in [0.05, 0.1) is 33.3 Å². The van der Waals surface area contributed by atoms with E-state index in [0.717, 1.165) is 10.9 Å². The average molecular weight is 291 g/mol. The summed E-state index contributed by atoms with van der Waals surface area (Å²) >= 11 is 0. The van der Waals surface area contributed by atoms with Crippen LogP contribution in [0.3, 0.4) is 0 Å². The van der Waals surface area contributed by atoms with E-state index < -0.39 is 0 Å². The maximum absolute atomic E-state index is 11.8. The lowest BCUT2D eigenvalue weighted by Gasteiger charge is -2.03. The predicted molar refractivity (Wildman–Crippen MR) is 76.1 cm³/mol. The lowest BCUT2D eigenvalue weighted by atomic mass is 10.1. The standard InChI is InChI=1S/C15H17NO5/c1-19-11-3-4-12-10(9-21-13(12)8-11)7-14(17)16-6-5-15(18)20-2/h3-4,8-9H,5-7H2,1-2H3,(H,16,17). The molecule has 0 atom stereocenters. The number of fused-ring (bicyclic) bond motifs is 1. The fraction of sp³-hybridized carbons (Fsp3) is 0.333. The van der Waals surface area contributed by atoms with Crippen LogP contribution in [0.2, 0.25) is 0 Å². The second-order valence-electron chi connectivity index (χ2n) is 4.48. The van der Waals surface area contributed by atoms with Gasteiger partial charge in [-0.3, -0.25) is 9.59 Å². The molecule has 0 unspecified atom stereocenters. The predicted octanol–water partition coefficient (Wildman–Crippen LogP) is 1.66. The van der Waals surface area contributed by atoms with Gasteiger partial charge in [-0.05, 0) is 12.1 Å². The lowest BCUT2D eigenvalue weighted by Crippen LogP contribution is -2.27. The molecule has 1 aromatic heterocycles. The van der Waals surface area contributed by atoms with Crippen LogP contribution in [-0.2, 0) is 20.7 Å². The number of benzene rings is 1. The molecule has 1 amide bonds. The number of amides is 1. The first kappa shape index (κ1) is 14.9. The molecule has 0 saturated heterocycles. The van der Waals surface area contributed by atoms with Crippen LogP contribution >= 0.6 is 0 Å². The highest BCUT2D eigenvalue weighted by atomic mass is 16.5.